The van der Waals surface area contributed by atoms with Crippen molar-refractivity contribution in [3.8, 4) is 5.75 Å². The Morgan fingerprint density at radius 3 is 2.42 bits per heavy atom. The van der Waals surface area contributed by atoms with Crippen molar-refractivity contribution >= 4 is 44.2 Å². The van der Waals surface area contributed by atoms with Gasteiger partial charge >= 0.3 is 0 Å². The number of carbonyl (C=O) groups is 1. The number of carbonyl (C=O) groups excluding carboxylic acids is 1. The Balaban J connectivity index is 1.92. The van der Waals surface area contributed by atoms with Gasteiger partial charge in [0.05, 0.1) is 10.2 Å². The van der Waals surface area contributed by atoms with Gasteiger partial charge in [0.2, 0.25) is 0 Å². The molecule has 1 heterocycles. The molecule has 0 fully saturated rings. The van der Waals surface area contributed by atoms with Crippen LogP contribution < -0.4 is 9.64 Å². The fraction of sp³-hybridized carbons (Fsp3) is 0.417. The highest BCUT2D eigenvalue weighted by Crippen LogP contribution is 2.33. The third-order valence-corrected chi connectivity index (χ3v) is 6.53. The summed E-state index contributed by atoms with van der Waals surface area (Å²) in [6.07, 6.45) is 0.837. The van der Waals surface area contributed by atoms with Crippen LogP contribution in [0, 0.1) is 13.8 Å². The lowest BCUT2D eigenvalue weighted by Crippen LogP contribution is -2.49. The number of hydrogen-bond donors (Lipinski definition) is 0. The Bertz CT molecular complexity index is 1060. The maximum atomic E-state index is 13.7. The normalized spacial score (nSPS) is 11.9. The molecule has 3 aromatic rings. The summed E-state index contributed by atoms with van der Waals surface area (Å²) in [6.45, 7) is 9.20. The number of aromatic nitrogens is 1. The summed E-state index contributed by atoms with van der Waals surface area (Å²) in [5.41, 5.74) is 2.25. The lowest BCUT2D eigenvalue weighted by Gasteiger charge is -2.31. The molecule has 0 aliphatic rings. The molecule has 5 nitrogen and oxygen atoms in total. The molecule has 0 spiro atoms. The van der Waals surface area contributed by atoms with Crippen LogP contribution in [-0.4, -0.2) is 48.6 Å². The fourth-order valence-electron chi connectivity index (χ4n) is 3.32. The van der Waals surface area contributed by atoms with Gasteiger partial charge in [0.1, 0.15) is 5.75 Å². The van der Waals surface area contributed by atoms with Gasteiger partial charge in [0.15, 0.2) is 10.7 Å². The lowest BCUT2D eigenvalue weighted by molar-refractivity contribution is -0.131. The first-order valence-corrected chi connectivity index (χ1v) is 11.6. The molecule has 0 radical (unpaired) electrons. The third-order valence-electron chi connectivity index (χ3n) is 5.24. The van der Waals surface area contributed by atoms with Gasteiger partial charge in [0.25, 0.3) is 5.91 Å². The zero-order chi connectivity index (χ0) is 22.8. The van der Waals surface area contributed by atoms with Gasteiger partial charge in [0, 0.05) is 11.6 Å². The predicted molar refractivity (Wildman–Crippen MR) is 131 cm³/mol. The van der Waals surface area contributed by atoms with Crippen LogP contribution in [0.5, 0.6) is 5.75 Å². The number of fused-ring (bicyclic) bond motifs is 1. The van der Waals surface area contributed by atoms with Crippen molar-refractivity contribution in [2.24, 2.45) is 0 Å². The highest BCUT2D eigenvalue weighted by atomic mass is 35.5. The first kappa shape index (κ1) is 23.5. The minimum atomic E-state index is -1.06. The number of hydrogen-bond acceptors (Lipinski definition) is 5. The van der Waals surface area contributed by atoms with Crippen LogP contribution >= 0.6 is 22.9 Å². The van der Waals surface area contributed by atoms with Gasteiger partial charge < -0.3 is 9.64 Å². The number of benzene rings is 2. The van der Waals surface area contributed by atoms with Gasteiger partial charge in [-0.2, -0.15) is 0 Å². The van der Waals surface area contributed by atoms with E-state index < -0.39 is 5.60 Å². The van der Waals surface area contributed by atoms with Gasteiger partial charge in [-0.15, -0.1) is 0 Å². The second kappa shape index (κ2) is 9.55. The topological polar surface area (TPSA) is 45.7 Å². The van der Waals surface area contributed by atoms with Crippen molar-refractivity contribution in [2.75, 3.05) is 32.1 Å². The maximum Gasteiger partial charge on any atom is 0.272 e. The molecule has 0 atom stereocenters. The molecule has 0 saturated carbocycles. The molecular weight excluding hydrogens is 430 g/mol. The average molecular weight is 460 g/mol. The largest absolute Gasteiger partial charge is 0.478 e. The van der Waals surface area contributed by atoms with E-state index in [2.05, 4.69) is 30.9 Å². The summed E-state index contributed by atoms with van der Waals surface area (Å²) >= 11 is 7.53. The number of thiazole rings is 1. The maximum absolute atomic E-state index is 13.7. The van der Waals surface area contributed by atoms with Crippen LogP contribution in [0.1, 0.15) is 31.4 Å². The van der Waals surface area contributed by atoms with Crippen LogP contribution in [0.4, 0.5) is 5.13 Å². The Labute approximate surface area is 193 Å². The molecule has 0 aliphatic carbocycles. The van der Waals surface area contributed by atoms with Gasteiger partial charge in [-0.25, -0.2) is 4.98 Å². The monoisotopic (exact) mass is 459 g/mol. The second-order valence-corrected chi connectivity index (χ2v) is 9.98. The smallest absolute Gasteiger partial charge is 0.272 e. The number of nitrogens with zero attached hydrogens (tertiary/aromatic N) is 3. The van der Waals surface area contributed by atoms with E-state index in [1.54, 1.807) is 54.3 Å². The van der Waals surface area contributed by atoms with E-state index in [9.17, 15) is 4.79 Å². The van der Waals surface area contributed by atoms with E-state index in [1.807, 2.05) is 14.1 Å². The molecule has 0 saturated heterocycles. The van der Waals surface area contributed by atoms with Crippen LogP contribution in [-0.2, 0) is 4.79 Å². The third kappa shape index (κ3) is 5.56. The molecule has 2 aromatic carbocycles. The molecule has 1 aromatic heterocycles. The van der Waals surface area contributed by atoms with Crippen molar-refractivity contribution in [1.82, 2.24) is 9.88 Å². The van der Waals surface area contributed by atoms with Gasteiger partial charge in [-0.1, -0.05) is 29.0 Å². The minimum absolute atomic E-state index is 0.116. The summed E-state index contributed by atoms with van der Waals surface area (Å²) in [6, 6.07) is 11.2. The molecule has 3 rings (SSSR count). The highest BCUT2D eigenvalue weighted by Gasteiger charge is 2.36. The summed E-state index contributed by atoms with van der Waals surface area (Å²) in [5.74, 6) is 0.487. The standard InChI is InChI=1S/C24H30ClN3O2S/c1-16-8-13-20-21(17(16)2)26-23(31-20)28(15-7-14-27(5)6)22(29)24(3,4)30-19-11-9-18(25)10-12-19/h8-13H,7,14-15H2,1-6H3. The number of anilines is 1. The van der Waals surface area contributed by atoms with E-state index in [0.717, 1.165) is 28.7 Å². The molecule has 0 aliphatic heterocycles. The lowest BCUT2D eigenvalue weighted by atomic mass is 10.1. The number of halogens is 1. The highest BCUT2D eigenvalue weighted by molar-refractivity contribution is 7.22. The van der Waals surface area contributed by atoms with Crippen LogP contribution in [0.15, 0.2) is 36.4 Å². The van der Waals surface area contributed by atoms with Crippen LogP contribution in [0.25, 0.3) is 10.2 Å². The number of amides is 1. The Kier molecular flexibility index (Phi) is 7.24. The first-order valence-electron chi connectivity index (χ1n) is 10.4. The SMILES string of the molecule is Cc1ccc2sc(N(CCCN(C)C)C(=O)C(C)(C)Oc3ccc(Cl)cc3)nc2c1C. The Morgan fingerprint density at radius 2 is 1.77 bits per heavy atom. The average Bonchev–Trinajstić information content (AvgIpc) is 3.14. The molecule has 166 valence electrons. The second-order valence-electron chi connectivity index (χ2n) is 8.53. The quantitative estimate of drug-likeness (QED) is 0.433. The zero-order valence-electron chi connectivity index (χ0n) is 19.0. The molecular formula is C24H30ClN3O2S. The van der Waals surface area contributed by atoms with E-state index >= 15 is 0 Å². The molecule has 0 N–H and O–H groups in total. The van der Waals surface area contributed by atoms with E-state index in [-0.39, 0.29) is 5.91 Å². The van der Waals surface area contributed by atoms with Crippen molar-refractivity contribution in [2.45, 2.75) is 39.7 Å². The number of ether oxygens (including phenoxy) is 1. The van der Waals surface area contributed by atoms with E-state index in [1.165, 1.54) is 5.56 Å². The zero-order valence-corrected chi connectivity index (χ0v) is 20.6. The van der Waals surface area contributed by atoms with Crippen molar-refractivity contribution < 1.29 is 9.53 Å². The van der Waals surface area contributed by atoms with Crippen LogP contribution in [0.2, 0.25) is 5.02 Å². The summed E-state index contributed by atoms with van der Waals surface area (Å²) < 4.78 is 7.17. The fourth-order valence-corrected chi connectivity index (χ4v) is 4.50. The number of rotatable bonds is 8. The summed E-state index contributed by atoms with van der Waals surface area (Å²) in [4.78, 5) is 22.4. The van der Waals surface area contributed by atoms with Gasteiger partial charge in [-0.3, -0.25) is 9.69 Å². The minimum Gasteiger partial charge on any atom is -0.478 e. The van der Waals surface area contributed by atoms with Crippen molar-refractivity contribution in [1.29, 1.82) is 0 Å². The molecule has 7 heteroatoms. The van der Waals surface area contributed by atoms with Crippen LogP contribution in [0.3, 0.4) is 0 Å². The molecule has 31 heavy (non-hydrogen) atoms. The Hall–Kier alpha value is -2.15. The summed E-state index contributed by atoms with van der Waals surface area (Å²) in [7, 11) is 4.06. The number of aryl methyl sites for hydroxylation is 2. The van der Waals surface area contributed by atoms with Crippen molar-refractivity contribution in [3.63, 3.8) is 0 Å². The van der Waals surface area contributed by atoms with E-state index in [0.29, 0.717) is 22.4 Å². The summed E-state index contributed by atoms with van der Waals surface area (Å²) in [5, 5.41) is 1.34. The van der Waals surface area contributed by atoms with Gasteiger partial charge in [-0.05, 0) is 96.2 Å². The van der Waals surface area contributed by atoms with E-state index in [4.69, 9.17) is 21.3 Å². The first-order chi connectivity index (χ1) is 14.6. The Morgan fingerprint density at radius 1 is 1.10 bits per heavy atom. The molecule has 0 bridgehead atoms. The predicted octanol–water partition coefficient (Wildman–Crippen LogP) is 5.71. The molecule has 0 unspecified atom stereocenters. The molecule has 1 amide bonds. The van der Waals surface area contributed by atoms with Crippen molar-refractivity contribution in [3.05, 3.63) is 52.5 Å².